The van der Waals surface area contributed by atoms with Crippen molar-refractivity contribution in [2.45, 2.75) is 50.7 Å². The Morgan fingerprint density at radius 1 is 1.07 bits per heavy atom. The molecular formula is C29H33F5N6O3. The van der Waals surface area contributed by atoms with Crippen molar-refractivity contribution in [2.75, 3.05) is 43.4 Å². The SMILES string of the molecule is O=C(O)[C@H](CCN(CCCCc1ccc2c(n1)NCCC2)CCOc1cc(F)cc(F)c1)Nc1ncc(C(F)(F)F)cn1. The lowest BCUT2D eigenvalue weighted by Crippen LogP contribution is -2.37. The Hall–Kier alpha value is -4.07. The van der Waals surface area contributed by atoms with E-state index in [1.165, 1.54) is 5.56 Å². The summed E-state index contributed by atoms with van der Waals surface area (Å²) in [5.41, 5.74) is 1.14. The molecule has 3 N–H and O–H groups in total. The van der Waals surface area contributed by atoms with Gasteiger partial charge >= 0.3 is 12.1 Å². The molecule has 1 aromatic carbocycles. The number of fused-ring (bicyclic) bond motifs is 1. The minimum atomic E-state index is -4.61. The summed E-state index contributed by atoms with van der Waals surface area (Å²) < 4.78 is 71.0. The second-order valence-corrected chi connectivity index (χ2v) is 10.2. The van der Waals surface area contributed by atoms with Crippen LogP contribution in [0.1, 0.15) is 42.5 Å². The smallest absolute Gasteiger partial charge is 0.419 e. The summed E-state index contributed by atoms with van der Waals surface area (Å²) in [5, 5.41) is 15.6. The molecule has 0 unspecified atom stereocenters. The van der Waals surface area contributed by atoms with E-state index in [4.69, 9.17) is 9.72 Å². The normalized spacial score (nSPS) is 13.7. The maximum Gasteiger partial charge on any atom is 0.419 e. The van der Waals surface area contributed by atoms with Crippen molar-refractivity contribution in [1.82, 2.24) is 19.9 Å². The number of rotatable bonds is 15. The Morgan fingerprint density at radius 2 is 1.81 bits per heavy atom. The highest BCUT2D eigenvalue weighted by Gasteiger charge is 2.31. The predicted molar refractivity (Wildman–Crippen MR) is 149 cm³/mol. The number of aliphatic carboxylic acids is 1. The van der Waals surface area contributed by atoms with E-state index in [9.17, 15) is 31.9 Å². The van der Waals surface area contributed by atoms with Crippen LogP contribution in [0, 0.1) is 11.6 Å². The first kappa shape index (κ1) is 31.9. The van der Waals surface area contributed by atoms with Crippen molar-refractivity contribution < 1.29 is 36.6 Å². The molecule has 0 saturated heterocycles. The van der Waals surface area contributed by atoms with E-state index in [1.54, 1.807) is 0 Å². The zero-order chi connectivity index (χ0) is 30.8. The van der Waals surface area contributed by atoms with Gasteiger partial charge in [0.2, 0.25) is 5.95 Å². The molecule has 0 radical (unpaired) electrons. The Morgan fingerprint density at radius 3 is 2.51 bits per heavy atom. The maximum atomic E-state index is 13.5. The molecule has 3 aromatic rings. The van der Waals surface area contributed by atoms with Gasteiger partial charge in [-0.15, -0.1) is 0 Å². The van der Waals surface area contributed by atoms with Gasteiger partial charge in [-0.1, -0.05) is 6.07 Å². The third-order valence-electron chi connectivity index (χ3n) is 6.94. The summed E-state index contributed by atoms with van der Waals surface area (Å²) in [6.45, 7) is 2.19. The maximum absolute atomic E-state index is 13.5. The summed E-state index contributed by atoms with van der Waals surface area (Å²) in [6.07, 6.45) is 1.05. The highest BCUT2D eigenvalue weighted by molar-refractivity contribution is 5.76. The molecule has 0 fully saturated rings. The van der Waals surface area contributed by atoms with Crippen LogP contribution in [-0.2, 0) is 23.8 Å². The van der Waals surface area contributed by atoms with E-state index in [0.717, 1.165) is 68.4 Å². The van der Waals surface area contributed by atoms with Crippen molar-refractivity contribution in [2.24, 2.45) is 0 Å². The fourth-order valence-electron chi connectivity index (χ4n) is 4.66. The summed E-state index contributed by atoms with van der Waals surface area (Å²) in [5.74, 6) is -2.02. The minimum absolute atomic E-state index is 0.0362. The third kappa shape index (κ3) is 10.0. The molecule has 0 spiro atoms. The quantitative estimate of drug-likeness (QED) is 0.159. The van der Waals surface area contributed by atoms with Gasteiger partial charge in [0, 0.05) is 55.9 Å². The van der Waals surface area contributed by atoms with Crippen LogP contribution in [0.3, 0.4) is 0 Å². The molecule has 0 aliphatic carbocycles. The van der Waals surface area contributed by atoms with Crippen molar-refractivity contribution >= 4 is 17.7 Å². The number of benzene rings is 1. The number of anilines is 2. The Balaban J connectivity index is 1.33. The molecule has 4 rings (SSSR count). The number of hydrogen-bond acceptors (Lipinski definition) is 8. The predicted octanol–water partition coefficient (Wildman–Crippen LogP) is 5.19. The molecule has 2 aromatic heterocycles. The number of nitrogens with zero attached hydrogens (tertiary/aromatic N) is 4. The zero-order valence-electron chi connectivity index (χ0n) is 23.3. The monoisotopic (exact) mass is 608 g/mol. The zero-order valence-corrected chi connectivity index (χ0v) is 23.3. The van der Waals surface area contributed by atoms with Crippen LogP contribution in [0.4, 0.5) is 33.7 Å². The van der Waals surface area contributed by atoms with Gasteiger partial charge in [0.25, 0.3) is 0 Å². The number of pyridine rings is 1. The van der Waals surface area contributed by atoms with Crippen LogP contribution < -0.4 is 15.4 Å². The topological polar surface area (TPSA) is 112 Å². The lowest BCUT2D eigenvalue weighted by molar-refractivity contribution is -0.139. The third-order valence-corrected chi connectivity index (χ3v) is 6.94. The molecule has 1 aliphatic heterocycles. The van der Waals surface area contributed by atoms with E-state index in [-0.39, 0.29) is 31.3 Å². The molecule has 0 bridgehead atoms. The molecule has 14 heteroatoms. The van der Waals surface area contributed by atoms with Crippen LogP contribution in [0.25, 0.3) is 0 Å². The van der Waals surface area contributed by atoms with Crippen molar-refractivity contribution in [3.63, 3.8) is 0 Å². The highest BCUT2D eigenvalue weighted by Crippen LogP contribution is 2.28. The number of hydrogen-bond donors (Lipinski definition) is 3. The van der Waals surface area contributed by atoms with Crippen LogP contribution in [0.5, 0.6) is 5.75 Å². The van der Waals surface area contributed by atoms with Gasteiger partial charge in [-0.05, 0) is 56.7 Å². The van der Waals surface area contributed by atoms with Crippen LogP contribution in [0.15, 0.2) is 42.7 Å². The lowest BCUT2D eigenvalue weighted by atomic mass is 10.1. The molecule has 1 aliphatic rings. The number of unbranched alkanes of at least 4 members (excludes halogenated alkanes) is 1. The highest BCUT2D eigenvalue weighted by atomic mass is 19.4. The van der Waals surface area contributed by atoms with Gasteiger partial charge in [0.05, 0.1) is 5.56 Å². The van der Waals surface area contributed by atoms with Crippen molar-refractivity contribution in [1.29, 1.82) is 0 Å². The summed E-state index contributed by atoms with van der Waals surface area (Å²) in [4.78, 5) is 25.8. The molecule has 43 heavy (non-hydrogen) atoms. The molecule has 0 saturated carbocycles. The first-order valence-corrected chi connectivity index (χ1v) is 14.0. The van der Waals surface area contributed by atoms with Crippen molar-refractivity contribution in [3.05, 3.63) is 71.2 Å². The van der Waals surface area contributed by atoms with E-state index in [2.05, 4.69) is 26.7 Å². The number of ether oxygens (including phenoxy) is 1. The number of aromatic nitrogens is 3. The standard InChI is InChI=1S/C29H33F5N6O3/c30-21-14-22(31)16-24(15-21)43-13-12-40(10-2-1-5-23-7-6-19-4-3-9-35-26(19)38-23)11-8-25(27(41)42)39-28-36-17-20(18-37-28)29(32,33)34/h6-7,14-18,25H,1-5,8-13H2,(H,35,38)(H,41,42)(H,36,37,39)/t25-/m0/s1. The Bertz CT molecular complexity index is 1340. The number of halogens is 5. The Labute approximate surface area is 245 Å². The van der Waals surface area contributed by atoms with Gasteiger partial charge in [-0.25, -0.2) is 28.5 Å². The van der Waals surface area contributed by atoms with E-state index >= 15 is 0 Å². The van der Waals surface area contributed by atoms with Crippen LogP contribution in [0.2, 0.25) is 0 Å². The number of alkyl halides is 3. The molecule has 1 atom stereocenters. The number of carboxylic acid groups (broad SMARTS) is 1. The molecule has 3 heterocycles. The Kier molecular flexibility index (Phi) is 11.0. The van der Waals surface area contributed by atoms with Gasteiger partial charge in [-0.2, -0.15) is 13.2 Å². The van der Waals surface area contributed by atoms with Gasteiger partial charge in [0.1, 0.15) is 35.9 Å². The molecule has 9 nitrogen and oxygen atoms in total. The number of nitrogens with one attached hydrogen (secondary N) is 2. The van der Waals surface area contributed by atoms with Crippen LogP contribution in [-0.4, -0.2) is 69.8 Å². The van der Waals surface area contributed by atoms with Crippen LogP contribution >= 0.6 is 0 Å². The van der Waals surface area contributed by atoms with Gasteiger partial charge in [-0.3, -0.25) is 4.90 Å². The average molecular weight is 609 g/mol. The largest absolute Gasteiger partial charge is 0.492 e. The van der Waals surface area contributed by atoms with Gasteiger partial charge < -0.3 is 20.5 Å². The summed E-state index contributed by atoms with van der Waals surface area (Å²) in [6, 6.07) is 5.84. The molecular weight excluding hydrogens is 575 g/mol. The second-order valence-electron chi connectivity index (χ2n) is 10.2. The molecule has 0 amide bonds. The van der Waals surface area contributed by atoms with Gasteiger partial charge in [0.15, 0.2) is 0 Å². The van der Waals surface area contributed by atoms with E-state index < -0.39 is 35.4 Å². The fourth-order valence-corrected chi connectivity index (χ4v) is 4.66. The minimum Gasteiger partial charge on any atom is -0.492 e. The second kappa shape index (κ2) is 14.9. The average Bonchev–Trinajstić information content (AvgIpc) is 2.96. The summed E-state index contributed by atoms with van der Waals surface area (Å²) in [7, 11) is 0. The van der Waals surface area contributed by atoms with Crippen molar-refractivity contribution in [3.8, 4) is 5.75 Å². The first-order chi connectivity index (χ1) is 20.6. The fraction of sp³-hybridized carbons (Fsp3) is 0.448. The van der Waals surface area contributed by atoms with E-state index in [0.29, 0.717) is 25.5 Å². The molecule has 232 valence electrons. The number of aryl methyl sites for hydroxylation is 2. The first-order valence-electron chi connectivity index (χ1n) is 14.0. The number of carboxylic acids is 1. The number of carbonyl (C=O) groups is 1. The van der Waals surface area contributed by atoms with E-state index in [1.807, 2.05) is 11.0 Å². The summed E-state index contributed by atoms with van der Waals surface area (Å²) >= 11 is 0. The lowest BCUT2D eigenvalue weighted by Gasteiger charge is -2.24.